The third-order valence-electron chi connectivity index (χ3n) is 4.83. The fourth-order valence-electron chi connectivity index (χ4n) is 3.20. The quantitative estimate of drug-likeness (QED) is 0.392. The molecule has 32 heavy (non-hydrogen) atoms. The molecule has 1 aliphatic heterocycles. The summed E-state index contributed by atoms with van der Waals surface area (Å²) in [6.45, 7) is 1.62. The normalized spacial score (nSPS) is 16.0. The van der Waals surface area contributed by atoms with Crippen molar-refractivity contribution >= 4 is 34.7 Å². The van der Waals surface area contributed by atoms with Gasteiger partial charge in [-0.2, -0.15) is 0 Å². The largest absolute Gasteiger partial charge is 0.489 e. The number of hydrogen-bond donors (Lipinski definition) is 0. The molecule has 10 heteroatoms. The van der Waals surface area contributed by atoms with Gasteiger partial charge in [-0.05, 0) is 18.2 Å². The number of methoxy groups -OCH3 is 1. The first-order valence-electron chi connectivity index (χ1n) is 10.0. The summed E-state index contributed by atoms with van der Waals surface area (Å²) in [6.07, 6.45) is 4.33. The van der Waals surface area contributed by atoms with Crippen LogP contribution in [-0.4, -0.2) is 77.0 Å². The second kappa shape index (κ2) is 10.4. The Morgan fingerprint density at radius 2 is 2.06 bits per heavy atom. The average Bonchev–Trinajstić information content (AvgIpc) is 2.85. The van der Waals surface area contributed by atoms with E-state index in [0.717, 1.165) is 11.0 Å². The van der Waals surface area contributed by atoms with Crippen molar-refractivity contribution in [3.8, 4) is 5.75 Å². The molecule has 3 heterocycles. The average molecular weight is 455 g/mol. The Morgan fingerprint density at radius 1 is 1.22 bits per heavy atom. The van der Waals surface area contributed by atoms with Crippen molar-refractivity contribution in [1.29, 1.82) is 0 Å². The van der Waals surface area contributed by atoms with Crippen molar-refractivity contribution in [2.75, 3.05) is 39.2 Å². The van der Waals surface area contributed by atoms with E-state index in [0.29, 0.717) is 36.0 Å². The predicted molar refractivity (Wildman–Crippen MR) is 118 cm³/mol. The second-order valence-corrected chi connectivity index (χ2v) is 8.03. The Labute approximate surface area is 189 Å². The number of benzene rings is 1. The van der Waals surface area contributed by atoms with Gasteiger partial charge in [-0.1, -0.05) is 23.9 Å². The monoisotopic (exact) mass is 454 g/mol. The van der Waals surface area contributed by atoms with E-state index < -0.39 is 5.97 Å². The first kappa shape index (κ1) is 22.0. The topological polar surface area (TPSA) is 104 Å². The van der Waals surface area contributed by atoms with Crippen LogP contribution < -0.4 is 4.74 Å². The number of amides is 1. The van der Waals surface area contributed by atoms with E-state index in [2.05, 4.69) is 19.7 Å². The van der Waals surface area contributed by atoms with Crippen molar-refractivity contribution < 1.29 is 23.8 Å². The SMILES string of the molecule is COC(=O)c1cncc(OCC2CN(C(=O)CSc3cnc4ccccc4n3)CCO2)c1. The molecular weight excluding hydrogens is 432 g/mol. The molecule has 0 radical (unpaired) electrons. The van der Waals surface area contributed by atoms with Gasteiger partial charge in [0.25, 0.3) is 0 Å². The Bertz CT molecular complexity index is 1110. The molecule has 0 bridgehead atoms. The van der Waals surface area contributed by atoms with E-state index in [4.69, 9.17) is 9.47 Å². The van der Waals surface area contributed by atoms with Crippen LogP contribution in [-0.2, 0) is 14.3 Å². The maximum absolute atomic E-state index is 12.7. The number of carbonyl (C=O) groups excluding carboxylic acids is 2. The Balaban J connectivity index is 1.28. The highest BCUT2D eigenvalue weighted by Crippen LogP contribution is 2.19. The van der Waals surface area contributed by atoms with Crippen molar-refractivity contribution in [3.05, 3.63) is 54.5 Å². The fraction of sp³-hybridized carbons (Fsp3) is 0.318. The van der Waals surface area contributed by atoms with Gasteiger partial charge in [0, 0.05) is 12.7 Å². The molecule has 0 aliphatic carbocycles. The molecular formula is C22H22N4O5S. The summed E-state index contributed by atoms with van der Waals surface area (Å²) >= 11 is 1.37. The van der Waals surface area contributed by atoms with E-state index >= 15 is 0 Å². The molecule has 166 valence electrons. The summed E-state index contributed by atoms with van der Waals surface area (Å²) < 4.78 is 16.1. The number of hydrogen-bond acceptors (Lipinski definition) is 9. The summed E-state index contributed by atoms with van der Waals surface area (Å²) in [6, 6.07) is 9.19. The van der Waals surface area contributed by atoms with Gasteiger partial charge < -0.3 is 19.1 Å². The highest BCUT2D eigenvalue weighted by atomic mass is 32.2. The van der Waals surface area contributed by atoms with Crippen LogP contribution in [0.4, 0.5) is 0 Å². The maximum Gasteiger partial charge on any atom is 0.339 e. The Morgan fingerprint density at radius 3 is 2.91 bits per heavy atom. The molecule has 1 unspecified atom stereocenters. The summed E-state index contributed by atoms with van der Waals surface area (Å²) in [7, 11) is 1.31. The van der Waals surface area contributed by atoms with Gasteiger partial charge in [-0.25, -0.2) is 9.78 Å². The molecule has 1 atom stereocenters. The van der Waals surface area contributed by atoms with Crippen molar-refractivity contribution in [1.82, 2.24) is 19.9 Å². The van der Waals surface area contributed by atoms with Crippen LogP contribution in [0.5, 0.6) is 5.75 Å². The van der Waals surface area contributed by atoms with Crippen LogP contribution in [0.25, 0.3) is 11.0 Å². The number of rotatable bonds is 7. The van der Waals surface area contributed by atoms with Gasteiger partial charge in [0.1, 0.15) is 23.5 Å². The van der Waals surface area contributed by atoms with Crippen LogP contribution in [0.2, 0.25) is 0 Å². The van der Waals surface area contributed by atoms with Crippen LogP contribution in [0.3, 0.4) is 0 Å². The molecule has 1 amide bonds. The minimum absolute atomic E-state index is 0.00705. The number of aromatic nitrogens is 3. The first-order chi connectivity index (χ1) is 15.6. The van der Waals surface area contributed by atoms with Gasteiger partial charge in [-0.15, -0.1) is 0 Å². The molecule has 2 aromatic heterocycles. The molecule has 9 nitrogen and oxygen atoms in total. The summed E-state index contributed by atoms with van der Waals surface area (Å²) in [5, 5.41) is 0.711. The minimum Gasteiger partial charge on any atom is -0.489 e. The van der Waals surface area contributed by atoms with Crippen LogP contribution in [0, 0.1) is 0 Å². The molecule has 0 saturated carbocycles. The zero-order valence-electron chi connectivity index (χ0n) is 17.5. The third-order valence-corrected chi connectivity index (χ3v) is 5.72. The number of thioether (sulfide) groups is 1. The lowest BCUT2D eigenvalue weighted by Gasteiger charge is -2.32. The zero-order chi connectivity index (χ0) is 22.3. The van der Waals surface area contributed by atoms with E-state index in [-0.39, 0.29) is 24.4 Å². The van der Waals surface area contributed by atoms with Crippen molar-refractivity contribution in [3.63, 3.8) is 0 Å². The van der Waals surface area contributed by atoms with Gasteiger partial charge in [0.15, 0.2) is 0 Å². The van der Waals surface area contributed by atoms with E-state index in [1.807, 2.05) is 24.3 Å². The smallest absolute Gasteiger partial charge is 0.339 e. The molecule has 1 fully saturated rings. The van der Waals surface area contributed by atoms with Gasteiger partial charge in [0.05, 0.1) is 55.0 Å². The molecule has 1 aromatic carbocycles. The van der Waals surface area contributed by atoms with Crippen molar-refractivity contribution in [2.45, 2.75) is 11.1 Å². The molecule has 0 N–H and O–H groups in total. The van der Waals surface area contributed by atoms with Crippen LogP contribution in [0.1, 0.15) is 10.4 Å². The van der Waals surface area contributed by atoms with E-state index in [1.165, 1.54) is 31.3 Å². The maximum atomic E-state index is 12.7. The number of para-hydroxylation sites is 2. The lowest BCUT2D eigenvalue weighted by atomic mass is 10.2. The molecule has 4 rings (SSSR count). The van der Waals surface area contributed by atoms with Crippen LogP contribution in [0.15, 0.2) is 53.9 Å². The van der Waals surface area contributed by atoms with Gasteiger partial charge in [-0.3, -0.25) is 14.8 Å². The lowest BCUT2D eigenvalue weighted by molar-refractivity contribution is -0.137. The van der Waals surface area contributed by atoms with Gasteiger partial charge in [0.2, 0.25) is 5.91 Å². The number of fused-ring (bicyclic) bond motifs is 1. The fourth-order valence-corrected chi connectivity index (χ4v) is 3.94. The number of ether oxygens (including phenoxy) is 3. The number of nitrogens with zero attached hydrogens (tertiary/aromatic N) is 4. The predicted octanol–water partition coefficient (Wildman–Crippen LogP) is 2.21. The molecule has 1 aliphatic rings. The number of morpholine rings is 1. The summed E-state index contributed by atoms with van der Waals surface area (Å²) in [5.74, 6) is 0.228. The van der Waals surface area contributed by atoms with Gasteiger partial charge >= 0.3 is 5.97 Å². The minimum atomic E-state index is -0.484. The molecule has 3 aromatic rings. The van der Waals surface area contributed by atoms with Crippen molar-refractivity contribution in [2.24, 2.45) is 0 Å². The van der Waals surface area contributed by atoms with Crippen LogP contribution >= 0.6 is 11.8 Å². The zero-order valence-corrected chi connectivity index (χ0v) is 18.3. The molecule has 1 saturated heterocycles. The standard InChI is InChI=1S/C22H22N4O5S/c1-29-22(28)15-8-16(10-23-9-15)31-13-17-12-26(6-7-30-17)21(27)14-32-20-11-24-18-4-2-3-5-19(18)25-20/h2-5,8-11,17H,6-7,12-14H2,1H3. The molecule has 0 spiro atoms. The Kier molecular flexibility index (Phi) is 7.13. The second-order valence-electron chi connectivity index (χ2n) is 7.03. The first-order valence-corrected chi connectivity index (χ1v) is 11.0. The highest BCUT2D eigenvalue weighted by Gasteiger charge is 2.25. The van der Waals surface area contributed by atoms with E-state index in [1.54, 1.807) is 17.2 Å². The van der Waals surface area contributed by atoms with E-state index in [9.17, 15) is 9.59 Å². The summed E-state index contributed by atoms with van der Waals surface area (Å²) in [5.41, 5.74) is 1.94. The summed E-state index contributed by atoms with van der Waals surface area (Å²) in [4.78, 5) is 39.0. The lowest BCUT2D eigenvalue weighted by Crippen LogP contribution is -2.48. The highest BCUT2D eigenvalue weighted by molar-refractivity contribution is 7.99. The third kappa shape index (κ3) is 5.51. The number of esters is 1. The number of pyridine rings is 1. The number of carbonyl (C=O) groups is 2. The Hall–Kier alpha value is -3.24.